The average molecular weight is 421 g/mol. The third-order valence-corrected chi connectivity index (χ3v) is 4.97. The molecule has 0 aliphatic carbocycles. The number of carbonyl (C=O) groups is 3. The number of benzene rings is 3. The van der Waals surface area contributed by atoms with Gasteiger partial charge in [-0.2, -0.15) is 0 Å². The van der Waals surface area contributed by atoms with E-state index in [2.05, 4.69) is 5.32 Å². The number of anilines is 2. The van der Waals surface area contributed by atoms with Crippen LogP contribution in [-0.2, 0) is 0 Å². The van der Waals surface area contributed by atoms with Crippen LogP contribution in [0.5, 0.6) is 5.75 Å². The van der Waals surface area contributed by atoms with Crippen molar-refractivity contribution in [2.24, 2.45) is 0 Å². The molecular formula is C23H17ClN2O4. The van der Waals surface area contributed by atoms with E-state index in [0.717, 1.165) is 4.90 Å². The molecule has 0 saturated carbocycles. The highest BCUT2D eigenvalue weighted by Gasteiger charge is 2.38. The van der Waals surface area contributed by atoms with Crippen LogP contribution in [0.15, 0.2) is 66.7 Å². The summed E-state index contributed by atoms with van der Waals surface area (Å²) in [4.78, 5) is 39.7. The third-order valence-electron chi connectivity index (χ3n) is 4.67. The van der Waals surface area contributed by atoms with Crippen LogP contribution in [0.25, 0.3) is 0 Å². The maximum Gasteiger partial charge on any atom is 0.268 e. The molecule has 0 radical (unpaired) electrons. The minimum atomic E-state index is -0.484. The monoisotopic (exact) mass is 420 g/mol. The van der Waals surface area contributed by atoms with E-state index in [0.29, 0.717) is 28.6 Å². The Morgan fingerprint density at radius 3 is 2.47 bits per heavy atom. The van der Waals surface area contributed by atoms with E-state index in [4.69, 9.17) is 16.3 Å². The zero-order valence-corrected chi connectivity index (χ0v) is 16.8. The van der Waals surface area contributed by atoms with Crippen molar-refractivity contribution < 1.29 is 19.1 Å². The van der Waals surface area contributed by atoms with Crippen LogP contribution < -0.4 is 15.0 Å². The number of nitrogens with zero attached hydrogens (tertiary/aromatic N) is 1. The molecule has 1 N–H and O–H groups in total. The largest absolute Gasteiger partial charge is 0.492 e. The van der Waals surface area contributed by atoms with Gasteiger partial charge in [0.05, 0.1) is 34.1 Å². The fraction of sp³-hybridized carbons (Fsp3) is 0.0870. The summed E-state index contributed by atoms with van der Waals surface area (Å²) in [5, 5.41) is 3.03. The number of fused-ring (bicyclic) bond motifs is 1. The molecule has 0 aromatic heterocycles. The van der Waals surface area contributed by atoms with Gasteiger partial charge in [0.25, 0.3) is 17.7 Å². The number of halogens is 1. The molecule has 3 amide bonds. The molecule has 0 bridgehead atoms. The Morgan fingerprint density at radius 1 is 1.00 bits per heavy atom. The molecule has 1 aliphatic rings. The lowest BCUT2D eigenvalue weighted by atomic mass is 10.1. The Labute approximate surface area is 178 Å². The number of para-hydroxylation sites is 1. The Balaban J connectivity index is 1.64. The van der Waals surface area contributed by atoms with E-state index in [1.807, 2.05) is 6.92 Å². The van der Waals surface area contributed by atoms with Crippen LogP contribution >= 0.6 is 11.6 Å². The number of amides is 3. The van der Waals surface area contributed by atoms with Crippen molar-refractivity contribution in [1.29, 1.82) is 0 Å². The zero-order chi connectivity index (χ0) is 21.3. The SMILES string of the molecule is CCOc1ccc(C(=O)Nc2cccc3c2C(=O)N(c2ccccc2)C3=O)cc1Cl. The van der Waals surface area contributed by atoms with Crippen LogP contribution in [0.4, 0.5) is 11.4 Å². The number of nitrogens with one attached hydrogen (secondary N) is 1. The molecule has 0 fully saturated rings. The van der Waals surface area contributed by atoms with Gasteiger partial charge in [0, 0.05) is 5.56 Å². The molecule has 1 aliphatic heterocycles. The van der Waals surface area contributed by atoms with E-state index < -0.39 is 17.7 Å². The summed E-state index contributed by atoms with van der Waals surface area (Å²) in [7, 11) is 0. The van der Waals surface area contributed by atoms with Gasteiger partial charge in [0.2, 0.25) is 0 Å². The summed E-state index contributed by atoms with van der Waals surface area (Å²) < 4.78 is 5.38. The van der Waals surface area contributed by atoms with Crippen molar-refractivity contribution >= 4 is 40.7 Å². The quantitative estimate of drug-likeness (QED) is 0.602. The maximum atomic E-state index is 13.0. The molecule has 0 spiro atoms. The fourth-order valence-corrected chi connectivity index (χ4v) is 3.55. The van der Waals surface area contributed by atoms with E-state index in [1.54, 1.807) is 60.7 Å². The predicted octanol–water partition coefficient (Wildman–Crippen LogP) is 4.79. The topological polar surface area (TPSA) is 75.7 Å². The first-order valence-corrected chi connectivity index (χ1v) is 9.69. The van der Waals surface area contributed by atoms with Crippen LogP contribution in [0.3, 0.4) is 0 Å². The fourth-order valence-electron chi connectivity index (χ4n) is 3.31. The molecule has 7 heteroatoms. The molecule has 0 saturated heterocycles. The second-order valence-corrected chi connectivity index (χ2v) is 6.95. The molecule has 0 atom stereocenters. The minimum Gasteiger partial charge on any atom is -0.492 e. The second kappa shape index (κ2) is 8.00. The van der Waals surface area contributed by atoms with Crippen molar-refractivity contribution in [2.75, 3.05) is 16.8 Å². The number of ether oxygens (including phenoxy) is 1. The molecular weight excluding hydrogens is 404 g/mol. The van der Waals surface area contributed by atoms with Gasteiger partial charge in [-0.3, -0.25) is 14.4 Å². The molecule has 3 aromatic rings. The maximum absolute atomic E-state index is 13.0. The van der Waals surface area contributed by atoms with Gasteiger partial charge in [-0.1, -0.05) is 35.9 Å². The van der Waals surface area contributed by atoms with Gasteiger partial charge in [0.1, 0.15) is 5.75 Å². The Hall–Kier alpha value is -3.64. The molecule has 30 heavy (non-hydrogen) atoms. The first kappa shape index (κ1) is 19.7. The van der Waals surface area contributed by atoms with E-state index in [1.165, 1.54) is 6.07 Å². The molecule has 0 unspecified atom stereocenters. The normalized spacial score (nSPS) is 12.7. The van der Waals surface area contributed by atoms with Crippen LogP contribution in [0.2, 0.25) is 5.02 Å². The van der Waals surface area contributed by atoms with Gasteiger partial charge < -0.3 is 10.1 Å². The van der Waals surface area contributed by atoms with Crippen molar-refractivity contribution in [2.45, 2.75) is 6.92 Å². The van der Waals surface area contributed by atoms with Crippen LogP contribution in [-0.4, -0.2) is 24.3 Å². The Kier molecular flexibility index (Phi) is 5.25. The number of hydrogen-bond acceptors (Lipinski definition) is 4. The summed E-state index contributed by atoms with van der Waals surface area (Å²) in [6.45, 7) is 2.29. The first-order valence-electron chi connectivity index (χ1n) is 9.31. The number of hydrogen-bond donors (Lipinski definition) is 1. The lowest BCUT2D eigenvalue weighted by Crippen LogP contribution is -2.29. The van der Waals surface area contributed by atoms with E-state index >= 15 is 0 Å². The molecule has 1 heterocycles. The minimum absolute atomic E-state index is 0.164. The van der Waals surface area contributed by atoms with Crippen molar-refractivity contribution in [1.82, 2.24) is 0 Å². The van der Waals surface area contributed by atoms with E-state index in [-0.39, 0.29) is 16.8 Å². The lowest BCUT2D eigenvalue weighted by molar-refractivity contribution is 0.0926. The van der Waals surface area contributed by atoms with Gasteiger partial charge in [-0.25, -0.2) is 4.90 Å². The summed E-state index contributed by atoms with van der Waals surface area (Å²) >= 11 is 6.17. The van der Waals surface area contributed by atoms with Crippen LogP contribution in [0.1, 0.15) is 38.0 Å². The highest BCUT2D eigenvalue weighted by Crippen LogP contribution is 2.33. The summed E-state index contributed by atoms with van der Waals surface area (Å²) in [5.41, 5.74) is 1.44. The standard InChI is InChI=1S/C23H17ClN2O4/c1-2-30-19-12-11-14(13-17(19)24)21(27)25-18-10-6-9-16-20(18)23(29)26(22(16)28)15-7-4-3-5-8-15/h3-13H,2H2,1H3,(H,25,27). The number of rotatable bonds is 5. The van der Waals surface area contributed by atoms with Gasteiger partial charge >= 0.3 is 0 Å². The molecule has 6 nitrogen and oxygen atoms in total. The lowest BCUT2D eigenvalue weighted by Gasteiger charge is -2.14. The van der Waals surface area contributed by atoms with Crippen molar-refractivity contribution in [3.05, 3.63) is 88.4 Å². The number of carbonyl (C=O) groups excluding carboxylic acids is 3. The number of imide groups is 1. The Bertz CT molecular complexity index is 1160. The zero-order valence-electron chi connectivity index (χ0n) is 16.0. The molecule has 4 rings (SSSR count). The molecule has 3 aromatic carbocycles. The van der Waals surface area contributed by atoms with Gasteiger partial charge in [0.15, 0.2) is 0 Å². The summed E-state index contributed by atoms with van der Waals surface area (Å²) in [6.07, 6.45) is 0. The Morgan fingerprint density at radius 2 is 1.77 bits per heavy atom. The highest BCUT2D eigenvalue weighted by atomic mass is 35.5. The highest BCUT2D eigenvalue weighted by molar-refractivity contribution is 6.36. The van der Waals surface area contributed by atoms with E-state index in [9.17, 15) is 14.4 Å². The average Bonchev–Trinajstić information content (AvgIpc) is 3.01. The smallest absolute Gasteiger partial charge is 0.268 e. The van der Waals surface area contributed by atoms with Gasteiger partial charge in [-0.15, -0.1) is 0 Å². The van der Waals surface area contributed by atoms with Crippen molar-refractivity contribution in [3.8, 4) is 5.75 Å². The molecule has 150 valence electrons. The summed E-state index contributed by atoms with van der Waals surface area (Å²) in [5.74, 6) is -0.884. The predicted molar refractivity (Wildman–Crippen MR) is 115 cm³/mol. The van der Waals surface area contributed by atoms with Crippen LogP contribution in [0, 0.1) is 0 Å². The van der Waals surface area contributed by atoms with Gasteiger partial charge in [-0.05, 0) is 49.4 Å². The van der Waals surface area contributed by atoms with Crippen molar-refractivity contribution in [3.63, 3.8) is 0 Å². The first-order chi connectivity index (χ1) is 14.5. The third kappa shape index (κ3) is 3.42. The second-order valence-electron chi connectivity index (χ2n) is 6.54. The summed E-state index contributed by atoms with van der Waals surface area (Å²) in [6, 6.07) is 18.1.